The summed E-state index contributed by atoms with van der Waals surface area (Å²) in [7, 11) is 0. The largest absolute Gasteiger partial charge is 0.463 e. The number of piperidine rings is 1. The lowest BCUT2D eigenvalue weighted by molar-refractivity contribution is -0.920. The quantitative estimate of drug-likeness (QED) is 0.597. The maximum atomic E-state index is 12.7. The molecule has 0 spiro atoms. The molecule has 1 saturated heterocycles. The number of quaternary nitrogens is 1. The van der Waals surface area contributed by atoms with Crippen molar-refractivity contribution in [3.8, 4) is 0 Å². The van der Waals surface area contributed by atoms with Crippen molar-refractivity contribution in [1.29, 1.82) is 0 Å². The highest BCUT2D eigenvalue weighted by Gasteiger charge is 2.18. The molecule has 6 heteroatoms. The van der Waals surface area contributed by atoms with E-state index in [0.29, 0.717) is 13.1 Å². The van der Waals surface area contributed by atoms with Crippen LogP contribution in [0.15, 0.2) is 64.6 Å². The summed E-state index contributed by atoms with van der Waals surface area (Å²) in [4.78, 5) is 17.5. The zero-order valence-electron chi connectivity index (χ0n) is 16.6. The molecule has 0 aliphatic carbocycles. The third kappa shape index (κ3) is 5.71. The Labute approximate surface area is 175 Å². The number of thiophene rings is 1. The number of rotatable bonds is 8. The molecule has 1 amide bonds. The molecule has 1 unspecified atom stereocenters. The molecule has 152 valence electrons. The second kappa shape index (κ2) is 9.76. The maximum absolute atomic E-state index is 12.7. The summed E-state index contributed by atoms with van der Waals surface area (Å²) in [5.41, 5.74) is 2.09. The molecule has 1 aromatic carbocycles. The van der Waals surface area contributed by atoms with E-state index in [2.05, 4.69) is 39.9 Å². The highest BCUT2D eigenvalue weighted by Crippen LogP contribution is 2.21. The Bertz CT molecular complexity index is 833. The smallest absolute Gasteiger partial charge is 0.279 e. The predicted molar refractivity (Wildman–Crippen MR) is 117 cm³/mol. The summed E-state index contributed by atoms with van der Waals surface area (Å²) in [6, 6.07) is 16.3. The van der Waals surface area contributed by atoms with Gasteiger partial charge in [0.05, 0.1) is 11.1 Å². The van der Waals surface area contributed by atoms with E-state index < -0.39 is 0 Å². The lowest BCUT2D eigenvalue weighted by Gasteiger charge is -2.28. The Hall–Kier alpha value is -2.57. The van der Waals surface area contributed by atoms with Gasteiger partial charge in [0, 0.05) is 24.5 Å². The number of nitrogens with one attached hydrogen (secondary N) is 2. The minimum Gasteiger partial charge on any atom is -0.463 e. The van der Waals surface area contributed by atoms with E-state index >= 15 is 0 Å². The van der Waals surface area contributed by atoms with E-state index in [-0.39, 0.29) is 5.91 Å². The Kier molecular flexibility index (Phi) is 6.64. The molecular formula is C23H28N3O2S+. The van der Waals surface area contributed by atoms with Crippen LogP contribution in [-0.4, -0.2) is 25.5 Å². The number of hydrogen-bond donors (Lipinski definition) is 2. The fourth-order valence-corrected chi connectivity index (χ4v) is 4.62. The average molecular weight is 411 g/mol. The Morgan fingerprint density at radius 2 is 1.86 bits per heavy atom. The first-order valence-corrected chi connectivity index (χ1v) is 11.2. The monoisotopic (exact) mass is 410 g/mol. The van der Waals surface area contributed by atoms with Crippen molar-refractivity contribution in [3.63, 3.8) is 0 Å². The minimum atomic E-state index is 0.0221. The molecule has 3 heterocycles. The third-order valence-electron chi connectivity index (χ3n) is 5.29. The normalized spacial score (nSPS) is 15.2. The number of amides is 1. The number of hydrogen-bond acceptors (Lipinski definition) is 4. The molecular weight excluding hydrogens is 382 g/mol. The number of carbonyl (C=O) groups is 1. The van der Waals surface area contributed by atoms with Crippen LogP contribution in [0, 0.1) is 0 Å². The van der Waals surface area contributed by atoms with Crippen molar-refractivity contribution in [2.45, 2.75) is 32.4 Å². The molecule has 29 heavy (non-hydrogen) atoms. The van der Waals surface area contributed by atoms with Gasteiger partial charge in [-0.1, -0.05) is 6.07 Å². The standard InChI is InChI=1S/C23H27N3O2S/c27-23(24-19-8-10-20(11-9-19)26-12-2-1-3-13-26)18-25(16-21-6-4-14-28-21)17-22-7-5-15-29-22/h4-11,14-15H,1-3,12-13,16-18H2,(H,24,27)/p+1. The van der Waals surface area contributed by atoms with Crippen molar-refractivity contribution in [1.82, 2.24) is 0 Å². The first-order chi connectivity index (χ1) is 14.3. The van der Waals surface area contributed by atoms with Gasteiger partial charge in [-0.15, -0.1) is 11.3 Å². The van der Waals surface area contributed by atoms with E-state index in [0.717, 1.165) is 36.0 Å². The van der Waals surface area contributed by atoms with Crippen LogP contribution in [0.3, 0.4) is 0 Å². The van der Waals surface area contributed by atoms with Gasteiger partial charge < -0.3 is 19.5 Å². The Morgan fingerprint density at radius 3 is 2.55 bits per heavy atom. The van der Waals surface area contributed by atoms with Crippen LogP contribution in [0.5, 0.6) is 0 Å². The summed E-state index contributed by atoms with van der Waals surface area (Å²) in [5, 5.41) is 5.13. The molecule has 5 nitrogen and oxygen atoms in total. The molecule has 0 bridgehead atoms. The summed E-state index contributed by atoms with van der Waals surface area (Å²) >= 11 is 1.72. The summed E-state index contributed by atoms with van der Waals surface area (Å²) in [6.45, 7) is 4.14. The lowest BCUT2D eigenvalue weighted by Crippen LogP contribution is -3.10. The SMILES string of the molecule is O=C(C[NH+](Cc1ccco1)Cc1cccs1)Nc1ccc(N2CCCCC2)cc1. The van der Waals surface area contributed by atoms with Crippen LogP contribution in [0.2, 0.25) is 0 Å². The molecule has 3 aromatic rings. The molecule has 1 aliphatic heterocycles. The molecule has 4 rings (SSSR count). The summed E-state index contributed by atoms with van der Waals surface area (Å²) in [6.07, 6.45) is 5.53. The average Bonchev–Trinajstić information content (AvgIpc) is 3.43. The van der Waals surface area contributed by atoms with Crippen LogP contribution < -0.4 is 15.1 Å². The van der Waals surface area contributed by atoms with E-state index in [4.69, 9.17) is 4.42 Å². The van der Waals surface area contributed by atoms with E-state index in [1.807, 2.05) is 24.3 Å². The molecule has 0 saturated carbocycles. The highest BCUT2D eigenvalue weighted by molar-refractivity contribution is 7.09. The third-order valence-corrected chi connectivity index (χ3v) is 6.17. The molecule has 1 fully saturated rings. The molecule has 2 aromatic heterocycles. The van der Waals surface area contributed by atoms with Crippen molar-refractivity contribution in [2.24, 2.45) is 0 Å². The van der Waals surface area contributed by atoms with Gasteiger partial charge in [-0.2, -0.15) is 0 Å². The van der Waals surface area contributed by atoms with E-state index in [1.54, 1.807) is 17.6 Å². The van der Waals surface area contributed by atoms with Gasteiger partial charge >= 0.3 is 0 Å². The van der Waals surface area contributed by atoms with Gasteiger partial charge in [-0.25, -0.2) is 0 Å². The van der Waals surface area contributed by atoms with Gasteiger partial charge in [0.1, 0.15) is 13.1 Å². The Balaban J connectivity index is 1.35. The second-order valence-corrected chi connectivity index (χ2v) is 8.61. The molecule has 1 atom stereocenters. The molecule has 2 N–H and O–H groups in total. The first-order valence-electron chi connectivity index (χ1n) is 10.3. The van der Waals surface area contributed by atoms with Gasteiger partial charge in [0.15, 0.2) is 12.3 Å². The molecule has 0 radical (unpaired) electrons. The number of anilines is 2. The fourth-order valence-electron chi connectivity index (χ4n) is 3.85. The van der Waals surface area contributed by atoms with Crippen LogP contribution in [0.1, 0.15) is 29.9 Å². The first kappa shape index (κ1) is 19.7. The van der Waals surface area contributed by atoms with Crippen LogP contribution in [0.25, 0.3) is 0 Å². The van der Waals surface area contributed by atoms with Gasteiger partial charge in [-0.05, 0) is 67.1 Å². The summed E-state index contributed by atoms with van der Waals surface area (Å²) in [5.74, 6) is 0.920. The zero-order valence-corrected chi connectivity index (χ0v) is 17.4. The topological polar surface area (TPSA) is 49.9 Å². The van der Waals surface area contributed by atoms with Crippen LogP contribution in [0.4, 0.5) is 11.4 Å². The number of benzene rings is 1. The number of furan rings is 1. The van der Waals surface area contributed by atoms with Crippen molar-refractivity contribution in [3.05, 3.63) is 70.8 Å². The summed E-state index contributed by atoms with van der Waals surface area (Å²) < 4.78 is 5.50. The van der Waals surface area contributed by atoms with Crippen LogP contribution >= 0.6 is 11.3 Å². The van der Waals surface area contributed by atoms with Gasteiger partial charge in [0.2, 0.25) is 0 Å². The molecule has 1 aliphatic rings. The maximum Gasteiger partial charge on any atom is 0.279 e. The van der Waals surface area contributed by atoms with E-state index in [1.165, 1.54) is 29.8 Å². The van der Waals surface area contributed by atoms with E-state index in [9.17, 15) is 4.79 Å². The zero-order chi connectivity index (χ0) is 19.9. The lowest BCUT2D eigenvalue weighted by atomic mass is 10.1. The van der Waals surface area contributed by atoms with Crippen molar-refractivity contribution >= 4 is 28.6 Å². The predicted octanol–water partition coefficient (Wildman–Crippen LogP) is 3.56. The second-order valence-electron chi connectivity index (χ2n) is 7.58. The fraction of sp³-hybridized carbons (Fsp3) is 0.348. The minimum absolute atomic E-state index is 0.0221. The van der Waals surface area contributed by atoms with Crippen molar-refractivity contribution < 1.29 is 14.1 Å². The van der Waals surface area contributed by atoms with Crippen LogP contribution in [-0.2, 0) is 17.9 Å². The van der Waals surface area contributed by atoms with Gasteiger partial charge in [-0.3, -0.25) is 4.79 Å². The highest BCUT2D eigenvalue weighted by atomic mass is 32.1. The van der Waals surface area contributed by atoms with Crippen molar-refractivity contribution in [2.75, 3.05) is 29.9 Å². The number of carbonyl (C=O) groups excluding carboxylic acids is 1. The number of nitrogens with zero attached hydrogens (tertiary/aromatic N) is 1. The Morgan fingerprint density at radius 1 is 1.03 bits per heavy atom. The van der Waals surface area contributed by atoms with Gasteiger partial charge in [0.25, 0.3) is 5.91 Å².